The van der Waals surface area contributed by atoms with Crippen LogP contribution in [0.3, 0.4) is 0 Å². The summed E-state index contributed by atoms with van der Waals surface area (Å²) in [7, 11) is 0. The lowest BCUT2D eigenvalue weighted by atomic mass is 10.2. The first-order chi connectivity index (χ1) is 14.7. The van der Waals surface area contributed by atoms with E-state index in [1.54, 1.807) is 25.1 Å². The number of carbonyl (C=O) groups is 2. The van der Waals surface area contributed by atoms with E-state index in [1.807, 2.05) is 6.92 Å². The molecule has 6 nitrogen and oxygen atoms in total. The zero-order valence-corrected chi connectivity index (χ0v) is 17.1. The van der Waals surface area contributed by atoms with Crippen molar-refractivity contribution >= 4 is 23.2 Å². The number of carbonyl (C=O) groups excluding carboxylic acids is 2. The van der Waals surface area contributed by atoms with Gasteiger partial charge in [-0.1, -0.05) is 26.3 Å². The fourth-order valence-electron chi connectivity index (χ4n) is 3.05. The minimum absolute atomic E-state index is 0.0134. The van der Waals surface area contributed by atoms with Crippen LogP contribution in [0.1, 0.15) is 58.8 Å². The lowest BCUT2D eigenvalue weighted by Crippen LogP contribution is -2.17. The standard InChI is InChI=1S/C22H22F3N3O3/c1-3-5-11-31-21(30)14-7-6-8-16(12-14)26-20(29)19-17(4-2)27-18-10-9-15(13-28(18)19)22(23,24)25/h6-10,12-13H,3-5,11H2,1-2H3,(H,26,29). The number of anilines is 1. The normalized spacial score (nSPS) is 11.5. The molecule has 0 aliphatic carbocycles. The van der Waals surface area contributed by atoms with E-state index in [-0.39, 0.29) is 16.9 Å². The van der Waals surface area contributed by atoms with Crippen molar-refractivity contribution in [1.82, 2.24) is 9.38 Å². The van der Waals surface area contributed by atoms with Crippen LogP contribution in [0.4, 0.5) is 18.9 Å². The Morgan fingerprint density at radius 1 is 1.16 bits per heavy atom. The van der Waals surface area contributed by atoms with Crippen LogP contribution in [-0.2, 0) is 17.3 Å². The molecule has 0 aliphatic rings. The number of hydrogen-bond acceptors (Lipinski definition) is 4. The van der Waals surface area contributed by atoms with Crippen molar-refractivity contribution in [3.63, 3.8) is 0 Å². The van der Waals surface area contributed by atoms with Gasteiger partial charge in [-0.2, -0.15) is 13.2 Å². The summed E-state index contributed by atoms with van der Waals surface area (Å²) in [6, 6.07) is 8.34. The van der Waals surface area contributed by atoms with Crippen molar-refractivity contribution in [2.75, 3.05) is 11.9 Å². The van der Waals surface area contributed by atoms with E-state index in [0.29, 0.717) is 24.4 Å². The quantitative estimate of drug-likeness (QED) is 0.414. The Hall–Kier alpha value is -3.36. The van der Waals surface area contributed by atoms with Crippen molar-refractivity contribution in [3.05, 3.63) is 65.1 Å². The minimum Gasteiger partial charge on any atom is -0.462 e. The second-order valence-electron chi connectivity index (χ2n) is 6.93. The van der Waals surface area contributed by atoms with Gasteiger partial charge in [0.15, 0.2) is 0 Å². The molecule has 0 atom stereocenters. The van der Waals surface area contributed by atoms with E-state index < -0.39 is 23.6 Å². The predicted octanol–water partition coefficient (Wildman–Crippen LogP) is 5.12. The molecule has 0 spiro atoms. The maximum atomic E-state index is 13.1. The molecule has 31 heavy (non-hydrogen) atoms. The van der Waals surface area contributed by atoms with Gasteiger partial charge in [0.2, 0.25) is 0 Å². The van der Waals surface area contributed by atoms with Gasteiger partial charge in [0, 0.05) is 11.9 Å². The summed E-state index contributed by atoms with van der Waals surface area (Å²) in [6.07, 6.45) is -1.70. The predicted molar refractivity (Wildman–Crippen MR) is 109 cm³/mol. The van der Waals surface area contributed by atoms with E-state index >= 15 is 0 Å². The van der Waals surface area contributed by atoms with Gasteiger partial charge in [-0.3, -0.25) is 9.20 Å². The van der Waals surface area contributed by atoms with Crippen LogP contribution in [0.25, 0.3) is 5.65 Å². The molecule has 0 unspecified atom stereocenters. The molecule has 0 saturated heterocycles. The number of aryl methyl sites for hydroxylation is 1. The Bertz CT molecular complexity index is 1110. The molecule has 3 rings (SSSR count). The van der Waals surface area contributed by atoms with Crippen molar-refractivity contribution < 1.29 is 27.5 Å². The molecule has 0 fully saturated rings. The molecular weight excluding hydrogens is 411 g/mol. The van der Waals surface area contributed by atoms with E-state index in [1.165, 1.54) is 12.1 Å². The number of imidazole rings is 1. The number of aromatic nitrogens is 2. The Labute approximate surface area is 177 Å². The largest absolute Gasteiger partial charge is 0.462 e. The molecule has 0 saturated carbocycles. The number of hydrogen-bond donors (Lipinski definition) is 1. The van der Waals surface area contributed by atoms with Gasteiger partial charge in [0.05, 0.1) is 23.4 Å². The number of nitrogens with zero attached hydrogens (tertiary/aromatic N) is 2. The molecule has 1 aromatic carbocycles. The molecule has 0 bridgehead atoms. The van der Waals surface area contributed by atoms with Gasteiger partial charge in [-0.05, 0) is 43.2 Å². The molecule has 0 radical (unpaired) electrons. The van der Waals surface area contributed by atoms with Gasteiger partial charge in [-0.15, -0.1) is 0 Å². The molecule has 3 aromatic rings. The maximum absolute atomic E-state index is 13.1. The van der Waals surface area contributed by atoms with Crippen LogP contribution < -0.4 is 5.32 Å². The van der Waals surface area contributed by atoms with Gasteiger partial charge in [-0.25, -0.2) is 9.78 Å². The fourth-order valence-corrected chi connectivity index (χ4v) is 3.05. The highest BCUT2D eigenvalue weighted by molar-refractivity contribution is 6.05. The third kappa shape index (κ3) is 5.04. The van der Waals surface area contributed by atoms with Crippen molar-refractivity contribution in [3.8, 4) is 0 Å². The second kappa shape index (κ2) is 9.20. The topological polar surface area (TPSA) is 72.7 Å². The molecule has 1 N–H and O–H groups in total. The minimum atomic E-state index is -4.55. The number of esters is 1. The van der Waals surface area contributed by atoms with Gasteiger partial charge >= 0.3 is 12.1 Å². The van der Waals surface area contributed by atoms with Crippen LogP contribution in [-0.4, -0.2) is 27.9 Å². The summed E-state index contributed by atoms with van der Waals surface area (Å²) in [5.41, 5.74) is 0.321. The first-order valence-corrected chi connectivity index (χ1v) is 9.91. The number of pyridine rings is 1. The highest BCUT2D eigenvalue weighted by atomic mass is 19.4. The van der Waals surface area contributed by atoms with Crippen LogP contribution in [0, 0.1) is 0 Å². The molecular formula is C22H22F3N3O3. The lowest BCUT2D eigenvalue weighted by Gasteiger charge is -2.10. The Morgan fingerprint density at radius 2 is 1.94 bits per heavy atom. The summed E-state index contributed by atoms with van der Waals surface area (Å²) in [4.78, 5) is 29.4. The number of amides is 1. The maximum Gasteiger partial charge on any atom is 0.417 e. The summed E-state index contributed by atoms with van der Waals surface area (Å²) < 4.78 is 45.7. The van der Waals surface area contributed by atoms with E-state index in [9.17, 15) is 22.8 Å². The zero-order chi connectivity index (χ0) is 22.6. The average Bonchev–Trinajstić information content (AvgIpc) is 3.11. The van der Waals surface area contributed by atoms with Gasteiger partial charge in [0.1, 0.15) is 11.3 Å². The van der Waals surface area contributed by atoms with E-state index in [2.05, 4.69) is 10.3 Å². The molecule has 0 aliphatic heterocycles. The molecule has 9 heteroatoms. The number of unbranched alkanes of at least 4 members (excludes halogenated alkanes) is 1. The number of halogens is 3. The van der Waals surface area contributed by atoms with E-state index in [0.717, 1.165) is 29.5 Å². The van der Waals surface area contributed by atoms with Crippen LogP contribution in [0.15, 0.2) is 42.6 Å². The first kappa shape index (κ1) is 22.3. The number of benzene rings is 1. The third-order valence-electron chi connectivity index (χ3n) is 4.66. The molecule has 164 valence electrons. The SMILES string of the molecule is CCCCOC(=O)c1cccc(NC(=O)c2c(CC)nc3ccc(C(F)(F)F)cn23)c1. The highest BCUT2D eigenvalue weighted by Crippen LogP contribution is 2.30. The fraction of sp³-hybridized carbons (Fsp3) is 0.318. The molecule has 2 heterocycles. The van der Waals surface area contributed by atoms with Crippen LogP contribution in [0.2, 0.25) is 0 Å². The van der Waals surface area contributed by atoms with Crippen molar-refractivity contribution in [2.24, 2.45) is 0 Å². The highest BCUT2D eigenvalue weighted by Gasteiger charge is 2.32. The summed E-state index contributed by atoms with van der Waals surface area (Å²) in [5, 5.41) is 2.64. The summed E-state index contributed by atoms with van der Waals surface area (Å²) >= 11 is 0. The monoisotopic (exact) mass is 433 g/mol. The van der Waals surface area contributed by atoms with E-state index in [4.69, 9.17) is 4.74 Å². The summed E-state index contributed by atoms with van der Waals surface area (Å²) in [6.45, 7) is 4.04. The Balaban J connectivity index is 1.89. The number of rotatable bonds is 7. The molecule has 2 aromatic heterocycles. The third-order valence-corrected chi connectivity index (χ3v) is 4.66. The average molecular weight is 433 g/mol. The smallest absolute Gasteiger partial charge is 0.417 e. The van der Waals surface area contributed by atoms with Crippen molar-refractivity contribution in [2.45, 2.75) is 39.3 Å². The molecule has 1 amide bonds. The number of fused-ring (bicyclic) bond motifs is 1. The summed E-state index contributed by atoms with van der Waals surface area (Å²) in [5.74, 6) is -1.14. The number of nitrogens with one attached hydrogen (secondary N) is 1. The first-order valence-electron chi connectivity index (χ1n) is 9.91. The van der Waals surface area contributed by atoms with Gasteiger partial charge < -0.3 is 10.1 Å². The van der Waals surface area contributed by atoms with Crippen LogP contribution >= 0.6 is 0 Å². The zero-order valence-electron chi connectivity index (χ0n) is 17.1. The Morgan fingerprint density at radius 3 is 2.61 bits per heavy atom. The Kier molecular flexibility index (Phi) is 6.62. The van der Waals surface area contributed by atoms with Gasteiger partial charge in [0.25, 0.3) is 5.91 Å². The van der Waals surface area contributed by atoms with Crippen molar-refractivity contribution in [1.29, 1.82) is 0 Å². The lowest BCUT2D eigenvalue weighted by molar-refractivity contribution is -0.137. The van der Waals surface area contributed by atoms with Crippen LogP contribution in [0.5, 0.6) is 0 Å². The second-order valence-corrected chi connectivity index (χ2v) is 6.93. The number of alkyl halides is 3. The number of ether oxygens (including phenoxy) is 1.